The first-order chi connectivity index (χ1) is 9.47. The molecule has 1 heterocycles. The molecule has 0 aliphatic carbocycles. The molecule has 4 heteroatoms. The van der Waals surface area contributed by atoms with Gasteiger partial charge in [-0.2, -0.15) is 0 Å². The van der Waals surface area contributed by atoms with E-state index >= 15 is 0 Å². The molecule has 0 unspecified atom stereocenters. The van der Waals surface area contributed by atoms with E-state index in [1.807, 2.05) is 51.0 Å². The maximum Gasteiger partial charge on any atom is 0.255 e. The number of nitrogens with one attached hydrogen (secondary N) is 1. The summed E-state index contributed by atoms with van der Waals surface area (Å²) in [7, 11) is 3.80. The largest absolute Gasteiger partial charge is 0.363 e. The molecule has 0 aliphatic heterocycles. The van der Waals surface area contributed by atoms with Crippen molar-refractivity contribution >= 4 is 17.4 Å². The fourth-order valence-electron chi connectivity index (χ4n) is 1.87. The molecule has 0 aliphatic rings. The first-order valence-electron chi connectivity index (χ1n) is 6.49. The number of nitrogens with zero attached hydrogens (tertiary/aromatic N) is 2. The van der Waals surface area contributed by atoms with E-state index in [1.165, 1.54) is 0 Å². The van der Waals surface area contributed by atoms with Crippen LogP contribution in [-0.4, -0.2) is 25.0 Å². The summed E-state index contributed by atoms with van der Waals surface area (Å²) in [4.78, 5) is 18.4. The molecule has 0 atom stereocenters. The zero-order valence-electron chi connectivity index (χ0n) is 12.3. The Hall–Kier alpha value is -2.36. The van der Waals surface area contributed by atoms with Crippen LogP contribution in [0.2, 0.25) is 0 Å². The van der Waals surface area contributed by atoms with Crippen LogP contribution >= 0.6 is 0 Å². The van der Waals surface area contributed by atoms with Crippen LogP contribution in [0.1, 0.15) is 21.5 Å². The van der Waals surface area contributed by atoms with E-state index < -0.39 is 0 Å². The number of amides is 1. The Morgan fingerprint density at radius 1 is 1.15 bits per heavy atom. The van der Waals surface area contributed by atoms with Gasteiger partial charge in [0.1, 0.15) is 5.82 Å². The highest BCUT2D eigenvalue weighted by Gasteiger charge is 2.09. The summed E-state index contributed by atoms with van der Waals surface area (Å²) < 4.78 is 0. The first-order valence-corrected chi connectivity index (χ1v) is 6.49. The van der Waals surface area contributed by atoms with Crippen molar-refractivity contribution in [1.29, 1.82) is 0 Å². The molecule has 0 saturated carbocycles. The zero-order valence-corrected chi connectivity index (χ0v) is 12.3. The molecule has 4 nitrogen and oxygen atoms in total. The number of pyridine rings is 1. The van der Waals surface area contributed by atoms with Crippen molar-refractivity contribution < 1.29 is 4.79 Å². The summed E-state index contributed by atoms with van der Waals surface area (Å²) in [6.45, 7) is 3.98. The van der Waals surface area contributed by atoms with Crippen LogP contribution < -0.4 is 10.2 Å². The third kappa shape index (κ3) is 3.15. The van der Waals surface area contributed by atoms with Gasteiger partial charge in [-0.25, -0.2) is 4.98 Å². The minimum Gasteiger partial charge on any atom is -0.363 e. The maximum atomic E-state index is 12.3. The van der Waals surface area contributed by atoms with Crippen molar-refractivity contribution in [3.05, 3.63) is 53.2 Å². The number of benzene rings is 1. The summed E-state index contributed by atoms with van der Waals surface area (Å²) in [5.41, 5.74) is 3.61. The number of aryl methyl sites for hydroxylation is 2. The maximum absolute atomic E-state index is 12.3. The van der Waals surface area contributed by atoms with Crippen LogP contribution in [0.5, 0.6) is 0 Å². The Bertz CT molecular complexity index is 635. The summed E-state index contributed by atoms with van der Waals surface area (Å²) in [5, 5.41) is 2.95. The number of rotatable bonds is 3. The quantitative estimate of drug-likeness (QED) is 0.931. The highest BCUT2D eigenvalue weighted by atomic mass is 16.1. The number of hydrogen-bond acceptors (Lipinski definition) is 3. The molecular formula is C16H19N3O. The van der Waals surface area contributed by atoms with Gasteiger partial charge < -0.3 is 10.2 Å². The van der Waals surface area contributed by atoms with E-state index in [-0.39, 0.29) is 5.91 Å². The molecule has 1 amide bonds. The van der Waals surface area contributed by atoms with Crippen LogP contribution in [0, 0.1) is 13.8 Å². The molecule has 0 spiro atoms. The summed E-state index contributed by atoms with van der Waals surface area (Å²) in [5.74, 6) is 0.641. The van der Waals surface area contributed by atoms with E-state index in [2.05, 4.69) is 10.3 Å². The van der Waals surface area contributed by atoms with Crippen LogP contribution in [0.3, 0.4) is 0 Å². The third-order valence-electron chi connectivity index (χ3n) is 3.11. The average molecular weight is 269 g/mol. The minimum atomic E-state index is -0.121. The molecule has 1 aromatic carbocycles. The van der Waals surface area contributed by atoms with E-state index in [9.17, 15) is 4.79 Å². The van der Waals surface area contributed by atoms with Crippen molar-refractivity contribution in [2.45, 2.75) is 13.8 Å². The fourth-order valence-corrected chi connectivity index (χ4v) is 1.87. The second kappa shape index (κ2) is 5.74. The number of anilines is 2. The van der Waals surface area contributed by atoms with Gasteiger partial charge in [0.25, 0.3) is 5.91 Å². The predicted octanol–water partition coefficient (Wildman–Crippen LogP) is 3.02. The van der Waals surface area contributed by atoms with Crippen LogP contribution in [0.25, 0.3) is 0 Å². The smallest absolute Gasteiger partial charge is 0.255 e. The van der Waals surface area contributed by atoms with Gasteiger partial charge >= 0.3 is 0 Å². The first kappa shape index (κ1) is 14.1. The molecule has 2 rings (SSSR count). The SMILES string of the molecule is Cc1ccc(C)c(NC(=O)c2ccnc(N(C)C)c2)c1. The van der Waals surface area contributed by atoms with Gasteiger partial charge in [-0.05, 0) is 43.2 Å². The van der Waals surface area contributed by atoms with Gasteiger partial charge in [0.15, 0.2) is 0 Å². The summed E-state index contributed by atoms with van der Waals surface area (Å²) in [6.07, 6.45) is 1.65. The van der Waals surface area contributed by atoms with E-state index in [4.69, 9.17) is 0 Å². The monoisotopic (exact) mass is 269 g/mol. The summed E-state index contributed by atoms with van der Waals surface area (Å²) >= 11 is 0. The second-order valence-corrected chi connectivity index (χ2v) is 5.07. The molecule has 20 heavy (non-hydrogen) atoms. The molecule has 104 valence electrons. The van der Waals surface area contributed by atoms with Gasteiger partial charge in [-0.1, -0.05) is 12.1 Å². The zero-order chi connectivity index (χ0) is 14.7. The van der Waals surface area contributed by atoms with Gasteiger partial charge in [0, 0.05) is 31.5 Å². The van der Waals surface area contributed by atoms with Crippen molar-refractivity contribution in [2.24, 2.45) is 0 Å². The Balaban J connectivity index is 2.24. The van der Waals surface area contributed by atoms with Gasteiger partial charge in [0.05, 0.1) is 0 Å². The lowest BCUT2D eigenvalue weighted by atomic mass is 10.1. The van der Waals surface area contributed by atoms with Crippen LogP contribution in [-0.2, 0) is 0 Å². The minimum absolute atomic E-state index is 0.121. The van der Waals surface area contributed by atoms with Crippen molar-refractivity contribution in [1.82, 2.24) is 4.98 Å². The molecule has 1 N–H and O–H groups in total. The topological polar surface area (TPSA) is 45.2 Å². The lowest BCUT2D eigenvalue weighted by Gasteiger charge is -2.13. The van der Waals surface area contributed by atoms with Crippen molar-refractivity contribution in [3.8, 4) is 0 Å². The van der Waals surface area contributed by atoms with Crippen molar-refractivity contribution in [2.75, 3.05) is 24.3 Å². The molecule has 1 aromatic heterocycles. The van der Waals surface area contributed by atoms with Crippen LogP contribution in [0.4, 0.5) is 11.5 Å². The lowest BCUT2D eigenvalue weighted by molar-refractivity contribution is 0.102. The van der Waals surface area contributed by atoms with Crippen molar-refractivity contribution in [3.63, 3.8) is 0 Å². The third-order valence-corrected chi connectivity index (χ3v) is 3.11. The van der Waals surface area contributed by atoms with Gasteiger partial charge in [-0.3, -0.25) is 4.79 Å². The van der Waals surface area contributed by atoms with E-state index in [0.29, 0.717) is 5.56 Å². The highest BCUT2D eigenvalue weighted by molar-refractivity contribution is 6.05. The normalized spacial score (nSPS) is 10.2. The Morgan fingerprint density at radius 2 is 1.90 bits per heavy atom. The molecule has 2 aromatic rings. The van der Waals surface area contributed by atoms with Crippen LogP contribution in [0.15, 0.2) is 36.5 Å². The molecule has 0 bridgehead atoms. The summed E-state index contributed by atoms with van der Waals surface area (Å²) in [6, 6.07) is 9.50. The fraction of sp³-hybridized carbons (Fsp3) is 0.250. The molecular weight excluding hydrogens is 250 g/mol. The predicted molar refractivity (Wildman–Crippen MR) is 82.4 cm³/mol. The Morgan fingerprint density at radius 3 is 2.60 bits per heavy atom. The highest BCUT2D eigenvalue weighted by Crippen LogP contribution is 2.18. The van der Waals surface area contributed by atoms with Gasteiger partial charge in [0.2, 0.25) is 0 Å². The second-order valence-electron chi connectivity index (χ2n) is 5.07. The Kier molecular flexibility index (Phi) is 4.03. The lowest BCUT2D eigenvalue weighted by Crippen LogP contribution is -2.15. The molecule has 0 saturated heterocycles. The molecule has 0 radical (unpaired) electrons. The van der Waals surface area contributed by atoms with E-state index in [1.54, 1.807) is 18.3 Å². The number of carbonyl (C=O) groups is 1. The molecule has 0 fully saturated rings. The number of hydrogen-bond donors (Lipinski definition) is 1. The number of aromatic nitrogens is 1. The van der Waals surface area contributed by atoms with E-state index in [0.717, 1.165) is 22.6 Å². The Labute approximate surface area is 119 Å². The standard InChI is InChI=1S/C16H19N3O/c1-11-5-6-12(2)14(9-11)18-16(20)13-7-8-17-15(10-13)19(3)4/h5-10H,1-4H3,(H,18,20). The van der Waals surface area contributed by atoms with Gasteiger partial charge in [-0.15, -0.1) is 0 Å². The average Bonchev–Trinajstić information content (AvgIpc) is 2.43. The number of carbonyl (C=O) groups excluding carboxylic acids is 1.